The van der Waals surface area contributed by atoms with Crippen LogP contribution in [-0.2, 0) is 17.8 Å². The van der Waals surface area contributed by atoms with Crippen molar-refractivity contribution in [2.24, 2.45) is 0 Å². The normalized spacial score (nSPS) is 14.5. The first-order chi connectivity index (χ1) is 25.8. The second-order valence-corrected chi connectivity index (χ2v) is 13.1. The number of likely N-dealkylation sites (N-methyl/N-ethyl adjacent to an activating group) is 1. The van der Waals surface area contributed by atoms with Gasteiger partial charge >= 0.3 is 6.09 Å². The Labute approximate surface area is 306 Å². The van der Waals surface area contributed by atoms with Crippen molar-refractivity contribution in [3.63, 3.8) is 0 Å². The van der Waals surface area contributed by atoms with Crippen LogP contribution in [0.1, 0.15) is 29.7 Å². The Morgan fingerprint density at radius 1 is 0.962 bits per heavy atom. The molecule has 1 N–H and O–H groups in total. The molecule has 7 rings (SSSR count). The number of imidazole rings is 1. The van der Waals surface area contributed by atoms with Crippen LogP contribution in [0.2, 0.25) is 0 Å². The molecule has 0 spiro atoms. The number of anilines is 5. The number of aromatic nitrogens is 4. The van der Waals surface area contributed by atoms with Crippen molar-refractivity contribution in [1.82, 2.24) is 24.5 Å². The minimum atomic E-state index is -0.613. The number of hydrogen-bond donors (Lipinski definition) is 1. The van der Waals surface area contributed by atoms with E-state index in [1.54, 1.807) is 26.4 Å². The molecular weight excluding hydrogens is 679 g/mol. The Hall–Kier alpha value is -6.14. The predicted octanol–water partition coefficient (Wildman–Crippen LogP) is 5.59. The van der Waals surface area contributed by atoms with Gasteiger partial charge in [0.1, 0.15) is 17.6 Å². The summed E-state index contributed by atoms with van der Waals surface area (Å²) in [7, 11) is 6.56. The van der Waals surface area contributed by atoms with Crippen LogP contribution < -0.4 is 29.5 Å². The summed E-state index contributed by atoms with van der Waals surface area (Å²) in [5.74, 6) is 1.48. The summed E-state index contributed by atoms with van der Waals surface area (Å²) >= 11 is 0. The van der Waals surface area contributed by atoms with Gasteiger partial charge in [0, 0.05) is 38.8 Å². The molecule has 0 atom stereocenters. The lowest BCUT2D eigenvalue weighted by atomic mass is 10.1. The average molecular weight is 721 g/mol. The summed E-state index contributed by atoms with van der Waals surface area (Å²) in [6.45, 7) is 3.32. The van der Waals surface area contributed by atoms with Crippen LogP contribution in [-0.4, -0.2) is 91.2 Å². The van der Waals surface area contributed by atoms with Crippen molar-refractivity contribution in [2.45, 2.75) is 32.0 Å². The SMILES string of the molecule is COC(=O)N(Cc1ccc(OC)cc1)c1cc(Nc2nc(N(Cc3ccc(OC)cc3)C3CC3)c3ncc(C#N)n3n2)c(F)c(N2CCN(C)CC2)c1. The number of halogens is 1. The lowest BCUT2D eigenvalue weighted by Gasteiger charge is -2.35. The number of carbonyl (C=O) groups is 1. The maximum atomic E-state index is 16.8. The molecule has 1 aliphatic heterocycles. The summed E-state index contributed by atoms with van der Waals surface area (Å²) in [5.41, 5.74) is 3.25. The summed E-state index contributed by atoms with van der Waals surface area (Å²) in [4.78, 5) is 30.6. The smallest absolute Gasteiger partial charge is 0.414 e. The average Bonchev–Trinajstić information content (AvgIpc) is 3.95. The zero-order valence-corrected chi connectivity index (χ0v) is 30.1. The number of nitrogens with zero attached hydrogens (tertiary/aromatic N) is 9. The number of benzene rings is 3. The van der Waals surface area contributed by atoms with Gasteiger partial charge in [0.25, 0.3) is 0 Å². The molecule has 1 saturated carbocycles. The molecule has 2 aromatic heterocycles. The van der Waals surface area contributed by atoms with Gasteiger partial charge in [0.2, 0.25) is 5.95 Å². The molecular formula is C38H41FN10O4. The third-order valence-corrected chi connectivity index (χ3v) is 9.57. The highest BCUT2D eigenvalue weighted by atomic mass is 19.1. The van der Waals surface area contributed by atoms with E-state index in [1.807, 2.05) is 60.5 Å². The van der Waals surface area contributed by atoms with Crippen molar-refractivity contribution in [1.29, 1.82) is 5.26 Å². The minimum absolute atomic E-state index is 0.0529. The van der Waals surface area contributed by atoms with Crippen molar-refractivity contribution < 1.29 is 23.4 Å². The molecule has 1 saturated heterocycles. The van der Waals surface area contributed by atoms with Gasteiger partial charge < -0.3 is 34.2 Å². The summed E-state index contributed by atoms with van der Waals surface area (Å²) in [6, 6.07) is 20.7. The molecule has 0 radical (unpaired) electrons. The van der Waals surface area contributed by atoms with E-state index < -0.39 is 11.9 Å². The molecule has 274 valence electrons. The zero-order chi connectivity index (χ0) is 37.1. The third kappa shape index (κ3) is 7.58. The molecule has 0 bridgehead atoms. The van der Waals surface area contributed by atoms with Gasteiger partial charge in [0.05, 0.1) is 51.1 Å². The minimum Gasteiger partial charge on any atom is -0.497 e. The number of nitriles is 1. The largest absolute Gasteiger partial charge is 0.497 e. The fourth-order valence-corrected chi connectivity index (χ4v) is 6.40. The Morgan fingerprint density at radius 3 is 2.19 bits per heavy atom. The van der Waals surface area contributed by atoms with Crippen molar-refractivity contribution in [2.75, 3.05) is 74.6 Å². The molecule has 0 unspecified atom stereocenters. The molecule has 3 heterocycles. The predicted molar refractivity (Wildman–Crippen MR) is 199 cm³/mol. The topological polar surface area (TPSA) is 137 Å². The van der Waals surface area contributed by atoms with Gasteiger partial charge in [-0.15, -0.1) is 5.10 Å². The number of piperazine rings is 1. The Morgan fingerprint density at radius 2 is 1.60 bits per heavy atom. The number of hydrogen-bond acceptors (Lipinski definition) is 12. The molecule has 14 nitrogen and oxygen atoms in total. The highest BCUT2D eigenvalue weighted by molar-refractivity contribution is 5.90. The molecule has 1 amide bonds. The molecule has 15 heteroatoms. The standard InChI is InChI=1S/C38H41FN10O4/c1-45-15-17-46(18-16-45)33-20-28(48(38(50)53-4)24-26-7-13-31(52-3)14-8-26)19-32(34(33)39)42-37-43-36(35-41-22-29(21-40)49(35)44-37)47(27-9-10-27)23-25-5-11-30(51-2)12-6-25/h5-8,11-14,19-20,22,27H,9-10,15-18,23-24H2,1-4H3,(H,42,44). The first kappa shape index (κ1) is 35.3. The van der Waals surface area contributed by atoms with Crippen LogP contribution in [0.25, 0.3) is 5.65 Å². The van der Waals surface area contributed by atoms with Crippen LogP contribution in [0.4, 0.5) is 38.0 Å². The van der Waals surface area contributed by atoms with E-state index in [1.165, 1.54) is 22.7 Å². The fraction of sp³-hybridized carbons (Fsp3) is 0.342. The van der Waals surface area contributed by atoms with Crippen LogP contribution in [0.15, 0.2) is 66.9 Å². The summed E-state index contributed by atoms with van der Waals surface area (Å²) in [5, 5.41) is 17.7. The zero-order valence-electron chi connectivity index (χ0n) is 30.1. The fourth-order valence-electron chi connectivity index (χ4n) is 6.40. The van der Waals surface area contributed by atoms with Gasteiger partial charge in [0.15, 0.2) is 23.0 Å². The van der Waals surface area contributed by atoms with Crippen LogP contribution in [0, 0.1) is 17.1 Å². The highest BCUT2D eigenvalue weighted by Gasteiger charge is 2.33. The second-order valence-electron chi connectivity index (χ2n) is 13.1. The number of amides is 1. The van der Waals surface area contributed by atoms with E-state index in [2.05, 4.69) is 31.3 Å². The Balaban J connectivity index is 1.31. The van der Waals surface area contributed by atoms with Crippen LogP contribution >= 0.6 is 0 Å². The molecule has 5 aromatic rings. The van der Waals surface area contributed by atoms with Crippen molar-refractivity contribution >= 4 is 40.6 Å². The number of carbonyl (C=O) groups excluding carboxylic acids is 1. The third-order valence-electron chi connectivity index (χ3n) is 9.57. The van der Waals surface area contributed by atoms with E-state index in [0.717, 1.165) is 42.8 Å². The van der Waals surface area contributed by atoms with Crippen molar-refractivity contribution in [3.8, 4) is 17.6 Å². The molecule has 53 heavy (non-hydrogen) atoms. The first-order valence-electron chi connectivity index (χ1n) is 17.4. The Bertz CT molecular complexity index is 2120. The van der Waals surface area contributed by atoms with E-state index in [0.29, 0.717) is 48.2 Å². The van der Waals surface area contributed by atoms with E-state index in [4.69, 9.17) is 19.2 Å². The highest BCUT2D eigenvalue weighted by Crippen LogP contribution is 2.38. The number of nitrogens with one attached hydrogen (secondary N) is 1. The van der Waals surface area contributed by atoms with Gasteiger partial charge in [-0.05, 0) is 67.4 Å². The molecule has 2 aliphatic rings. The first-order valence-corrected chi connectivity index (χ1v) is 17.4. The number of fused-ring (bicyclic) bond motifs is 1. The molecule has 2 fully saturated rings. The summed E-state index contributed by atoms with van der Waals surface area (Å²) < 4.78 is 34.1. The van der Waals surface area contributed by atoms with Crippen LogP contribution in [0.3, 0.4) is 0 Å². The van der Waals surface area contributed by atoms with Crippen molar-refractivity contribution in [3.05, 3.63) is 89.5 Å². The Kier molecular flexibility index (Phi) is 10.1. The van der Waals surface area contributed by atoms with Gasteiger partial charge in [-0.2, -0.15) is 14.8 Å². The van der Waals surface area contributed by atoms with Gasteiger partial charge in [-0.25, -0.2) is 14.2 Å². The quantitative estimate of drug-likeness (QED) is 0.172. The number of methoxy groups -OCH3 is 3. The molecule has 1 aliphatic carbocycles. The maximum Gasteiger partial charge on any atom is 0.414 e. The maximum absolute atomic E-state index is 16.8. The number of rotatable bonds is 12. The lowest BCUT2D eigenvalue weighted by Crippen LogP contribution is -2.45. The summed E-state index contributed by atoms with van der Waals surface area (Å²) in [6.07, 6.45) is 2.77. The van der Waals surface area contributed by atoms with E-state index in [9.17, 15) is 10.1 Å². The second kappa shape index (κ2) is 15.2. The number of ether oxygens (including phenoxy) is 3. The monoisotopic (exact) mass is 720 g/mol. The molecule has 3 aromatic carbocycles. The van der Waals surface area contributed by atoms with Gasteiger partial charge in [-0.3, -0.25) is 4.90 Å². The van der Waals surface area contributed by atoms with Gasteiger partial charge in [-0.1, -0.05) is 24.3 Å². The van der Waals surface area contributed by atoms with E-state index in [-0.39, 0.29) is 29.9 Å². The van der Waals surface area contributed by atoms with E-state index >= 15 is 4.39 Å². The lowest BCUT2D eigenvalue weighted by molar-refractivity contribution is 0.178. The van der Waals surface area contributed by atoms with Crippen LogP contribution in [0.5, 0.6) is 11.5 Å².